The number of hydrogen-bond donors (Lipinski definition) is 2. The number of amides is 2. The summed E-state index contributed by atoms with van der Waals surface area (Å²) in [5.74, 6) is -0.282. The molecule has 0 aliphatic rings. The van der Waals surface area contributed by atoms with Gasteiger partial charge in [-0.1, -0.05) is 60.7 Å². The minimum atomic E-state index is -0.816. The molecule has 0 aliphatic carbocycles. The fraction of sp³-hybridized carbons (Fsp3) is 0.300. The maximum atomic E-state index is 12.6. The van der Waals surface area contributed by atoms with Crippen LogP contribution < -0.4 is 10.6 Å². The average Bonchev–Trinajstić information content (AvgIpc) is 2.58. The highest BCUT2D eigenvalue weighted by molar-refractivity contribution is 5.87. The van der Waals surface area contributed by atoms with E-state index in [0.717, 1.165) is 5.56 Å². The third-order valence-electron chi connectivity index (χ3n) is 3.37. The van der Waals surface area contributed by atoms with E-state index >= 15 is 0 Å². The van der Waals surface area contributed by atoms with Gasteiger partial charge in [0.1, 0.15) is 12.6 Å². The Labute approximate surface area is 148 Å². The molecular weight excluding hydrogens is 316 g/mol. The monoisotopic (exact) mass is 340 g/mol. The Hall–Kier alpha value is -2.82. The molecule has 0 fully saturated rings. The molecule has 0 spiro atoms. The van der Waals surface area contributed by atoms with Crippen LogP contribution in [-0.2, 0) is 16.1 Å². The third-order valence-corrected chi connectivity index (χ3v) is 3.37. The van der Waals surface area contributed by atoms with Crippen LogP contribution in [0.4, 0.5) is 4.79 Å². The summed E-state index contributed by atoms with van der Waals surface area (Å²) in [5.41, 5.74) is 1.17. The molecule has 2 aromatic carbocycles. The lowest BCUT2D eigenvalue weighted by Gasteiger charge is -2.25. The first-order chi connectivity index (χ1) is 11.8. The predicted molar refractivity (Wildman–Crippen MR) is 96.8 cm³/mol. The van der Waals surface area contributed by atoms with Crippen molar-refractivity contribution in [1.29, 1.82) is 0 Å². The lowest BCUT2D eigenvalue weighted by molar-refractivity contribution is -0.124. The maximum Gasteiger partial charge on any atom is 0.408 e. The minimum absolute atomic E-state index is 0.148. The molecule has 0 saturated heterocycles. The van der Waals surface area contributed by atoms with Gasteiger partial charge >= 0.3 is 6.09 Å². The van der Waals surface area contributed by atoms with Gasteiger partial charge in [-0.2, -0.15) is 0 Å². The van der Waals surface area contributed by atoms with Crippen molar-refractivity contribution in [3.05, 3.63) is 71.8 Å². The van der Waals surface area contributed by atoms with Crippen molar-refractivity contribution in [3.8, 4) is 0 Å². The lowest BCUT2D eigenvalue weighted by atomic mass is 10.0. The quantitative estimate of drug-likeness (QED) is 0.874. The number of hydrogen-bond acceptors (Lipinski definition) is 3. The number of carbonyl (C=O) groups excluding carboxylic acids is 2. The van der Waals surface area contributed by atoms with Crippen molar-refractivity contribution in [1.82, 2.24) is 10.6 Å². The molecule has 5 heteroatoms. The number of ether oxygens (including phenoxy) is 1. The third kappa shape index (κ3) is 6.30. The second kappa shape index (κ2) is 8.33. The Morgan fingerprint density at radius 2 is 1.52 bits per heavy atom. The van der Waals surface area contributed by atoms with Crippen molar-refractivity contribution < 1.29 is 14.3 Å². The molecular formula is C20H24N2O3. The van der Waals surface area contributed by atoms with E-state index < -0.39 is 17.7 Å². The largest absolute Gasteiger partial charge is 0.445 e. The standard InChI is InChI=1S/C20H24N2O3/c1-20(2,3)22-18(23)17(16-12-8-5-9-13-16)21-19(24)25-14-15-10-6-4-7-11-15/h4-13,17H,14H2,1-3H3,(H,21,24)(H,22,23)/t17-/m1/s1. The Kier molecular flexibility index (Phi) is 6.17. The van der Waals surface area contributed by atoms with Crippen LogP contribution in [0.25, 0.3) is 0 Å². The first kappa shape index (κ1) is 18.5. The molecule has 5 nitrogen and oxygen atoms in total. The van der Waals surface area contributed by atoms with Gasteiger partial charge in [0.2, 0.25) is 5.91 Å². The van der Waals surface area contributed by atoms with Crippen molar-refractivity contribution in [2.75, 3.05) is 0 Å². The van der Waals surface area contributed by atoms with Crippen LogP contribution in [-0.4, -0.2) is 17.5 Å². The lowest BCUT2D eigenvalue weighted by Crippen LogP contribution is -2.47. The molecule has 1 atom stereocenters. The normalized spacial score (nSPS) is 12.1. The van der Waals surface area contributed by atoms with Crippen LogP contribution in [0.1, 0.15) is 37.9 Å². The van der Waals surface area contributed by atoms with Crippen LogP contribution in [0.2, 0.25) is 0 Å². The zero-order valence-corrected chi connectivity index (χ0v) is 14.8. The Bertz CT molecular complexity index is 694. The fourth-order valence-corrected chi connectivity index (χ4v) is 2.27. The van der Waals surface area contributed by atoms with Gasteiger partial charge in [0.05, 0.1) is 0 Å². The minimum Gasteiger partial charge on any atom is -0.445 e. The van der Waals surface area contributed by atoms with Gasteiger partial charge in [0, 0.05) is 5.54 Å². The molecule has 132 valence electrons. The van der Waals surface area contributed by atoms with Gasteiger partial charge in [-0.15, -0.1) is 0 Å². The smallest absolute Gasteiger partial charge is 0.408 e. The number of alkyl carbamates (subject to hydrolysis) is 1. The summed E-state index contributed by atoms with van der Waals surface area (Å²) >= 11 is 0. The second-order valence-corrected chi connectivity index (χ2v) is 6.79. The first-order valence-electron chi connectivity index (χ1n) is 8.19. The van der Waals surface area contributed by atoms with Crippen LogP contribution in [0, 0.1) is 0 Å². The Morgan fingerprint density at radius 3 is 2.08 bits per heavy atom. The molecule has 0 unspecified atom stereocenters. The van der Waals surface area contributed by atoms with Gasteiger partial charge in [-0.3, -0.25) is 4.79 Å². The summed E-state index contributed by atoms with van der Waals surface area (Å²) in [7, 11) is 0. The summed E-state index contributed by atoms with van der Waals surface area (Å²) in [4.78, 5) is 24.7. The fourth-order valence-electron chi connectivity index (χ4n) is 2.27. The topological polar surface area (TPSA) is 67.4 Å². The zero-order chi connectivity index (χ0) is 18.3. The highest BCUT2D eigenvalue weighted by Gasteiger charge is 2.26. The number of nitrogens with one attached hydrogen (secondary N) is 2. The van der Waals surface area contributed by atoms with E-state index in [9.17, 15) is 9.59 Å². The molecule has 0 aromatic heterocycles. The molecule has 2 rings (SSSR count). The predicted octanol–water partition coefficient (Wildman–Crippen LogP) is 3.57. The van der Waals surface area contributed by atoms with E-state index in [1.165, 1.54) is 0 Å². The van der Waals surface area contributed by atoms with Crippen LogP contribution >= 0.6 is 0 Å². The molecule has 0 bridgehead atoms. The summed E-state index contributed by atoms with van der Waals surface area (Å²) in [6.45, 7) is 5.82. The Balaban J connectivity index is 2.05. The van der Waals surface area contributed by atoms with E-state index in [1.54, 1.807) is 12.1 Å². The Morgan fingerprint density at radius 1 is 0.960 bits per heavy atom. The number of benzene rings is 2. The van der Waals surface area contributed by atoms with Gasteiger partial charge in [-0.05, 0) is 31.9 Å². The molecule has 2 N–H and O–H groups in total. The van der Waals surface area contributed by atoms with E-state index in [0.29, 0.717) is 5.56 Å². The number of carbonyl (C=O) groups is 2. The summed E-state index contributed by atoms with van der Waals surface area (Å²) in [6, 6.07) is 17.7. The van der Waals surface area contributed by atoms with Crippen molar-refractivity contribution in [2.24, 2.45) is 0 Å². The number of rotatable bonds is 5. The van der Waals surface area contributed by atoms with Gasteiger partial charge in [-0.25, -0.2) is 4.79 Å². The molecule has 2 aromatic rings. The maximum absolute atomic E-state index is 12.6. The molecule has 0 radical (unpaired) electrons. The highest BCUT2D eigenvalue weighted by atomic mass is 16.5. The van der Waals surface area contributed by atoms with Crippen LogP contribution in [0.3, 0.4) is 0 Å². The van der Waals surface area contributed by atoms with E-state index in [1.807, 2.05) is 69.3 Å². The van der Waals surface area contributed by atoms with Crippen LogP contribution in [0.15, 0.2) is 60.7 Å². The molecule has 25 heavy (non-hydrogen) atoms. The van der Waals surface area contributed by atoms with E-state index in [-0.39, 0.29) is 12.5 Å². The van der Waals surface area contributed by atoms with Gasteiger partial charge in [0.15, 0.2) is 0 Å². The second-order valence-electron chi connectivity index (χ2n) is 6.79. The SMILES string of the molecule is CC(C)(C)NC(=O)[C@H](NC(=O)OCc1ccccc1)c1ccccc1. The summed E-state index contributed by atoms with van der Waals surface area (Å²) in [6.07, 6.45) is -0.637. The summed E-state index contributed by atoms with van der Waals surface area (Å²) < 4.78 is 5.23. The van der Waals surface area contributed by atoms with Crippen LogP contribution in [0.5, 0.6) is 0 Å². The van der Waals surface area contributed by atoms with Crippen molar-refractivity contribution >= 4 is 12.0 Å². The van der Waals surface area contributed by atoms with Crippen molar-refractivity contribution in [2.45, 2.75) is 39.0 Å². The molecule has 0 aliphatic heterocycles. The zero-order valence-electron chi connectivity index (χ0n) is 14.8. The highest BCUT2D eigenvalue weighted by Crippen LogP contribution is 2.15. The molecule has 2 amide bonds. The van der Waals surface area contributed by atoms with E-state index in [4.69, 9.17) is 4.74 Å². The first-order valence-corrected chi connectivity index (χ1v) is 8.19. The summed E-state index contributed by atoms with van der Waals surface area (Å²) in [5, 5.41) is 5.54. The average molecular weight is 340 g/mol. The van der Waals surface area contributed by atoms with E-state index in [2.05, 4.69) is 10.6 Å². The van der Waals surface area contributed by atoms with Crippen molar-refractivity contribution in [3.63, 3.8) is 0 Å². The molecule has 0 heterocycles. The van der Waals surface area contributed by atoms with Gasteiger partial charge in [0.25, 0.3) is 0 Å². The molecule has 0 saturated carbocycles. The van der Waals surface area contributed by atoms with Gasteiger partial charge < -0.3 is 15.4 Å².